The molecule has 0 saturated carbocycles. The van der Waals surface area contributed by atoms with Gasteiger partial charge in [0, 0.05) is 19.4 Å². The Labute approximate surface area is 127 Å². The van der Waals surface area contributed by atoms with Gasteiger partial charge in [-0.3, -0.25) is 14.9 Å². The number of hydrogen-bond donors (Lipinski definition) is 3. The third kappa shape index (κ3) is 4.66. The van der Waals surface area contributed by atoms with Gasteiger partial charge in [-0.1, -0.05) is 5.16 Å². The molecule has 0 aliphatic carbocycles. The molecule has 0 radical (unpaired) electrons. The molecule has 1 aliphatic rings. The summed E-state index contributed by atoms with van der Waals surface area (Å²) in [4.78, 5) is 37.4. The summed E-state index contributed by atoms with van der Waals surface area (Å²) >= 11 is 0. The molecule has 4 amide bonds. The van der Waals surface area contributed by atoms with Crippen molar-refractivity contribution in [3.8, 4) is 0 Å². The number of halogens is 3. The van der Waals surface area contributed by atoms with Gasteiger partial charge in [-0.2, -0.15) is 18.2 Å². The largest absolute Gasteiger partial charge is 0.471 e. The molecule has 0 spiro atoms. The van der Waals surface area contributed by atoms with Gasteiger partial charge in [-0.15, -0.1) is 0 Å². The zero-order valence-electron chi connectivity index (χ0n) is 11.6. The van der Waals surface area contributed by atoms with E-state index in [9.17, 15) is 27.6 Å². The zero-order valence-corrected chi connectivity index (χ0v) is 11.6. The molecule has 1 aromatic rings. The van der Waals surface area contributed by atoms with Crippen LogP contribution in [0.4, 0.5) is 18.0 Å². The van der Waals surface area contributed by atoms with Gasteiger partial charge in [0.25, 0.3) is 0 Å². The molecule has 126 valence electrons. The minimum Gasteiger partial charge on any atom is -0.354 e. The van der Waals surface area contributed by atoms with Crippen LogP contribution in [0, 0.1) is 0 Å². The molecule has 1 saturated heterocycles. The van der Waals surface area contributed by atoms with Crippen LogP contribution in [0.5, 0.6) is 0 Å². The fraction of sp³-hybridized carbons (Fsp3) is 0.545. The number of rotatable bonds is 4. The molecule has 0 bridgehead atoms. The molecule has 3 N–H and O–H groups in total. The highest BCUT2D eigenvalue weighted by atomic mass is 19.4. The number of nitrogens with zero attached hydrogens (tertiary/aromatic N) is 2. The summed E-state index contributed by atoms with van der Waals surface area (Å²) < 4.78 is 40.8. The topological polar surface area (TPSA) is 126 Å². The van der Waals surface area contributed by atoms with Crippen LogP contribution in [0.3, 0.4) is 0 Å². The van der Waals surface area contributed by atoms with Crippen molar-refractivity contribution in [2.75, 3.05) is 6.54 Å². The van der Waals surface area contributed by atoms with Crippen LogP contribution in [-0.4, -0.2) is 40.6 Å². The third-order valence-electron chi connectivity index (χ3n) is 2.89. The molecule has 9 nitrogen and oxygen atoms in total. The second-order valence-electron chi connectivity index (χ2n) is 4.67. The first-order chi connectivity index (χ1) is 10.8. The van der Waals surface area contributed by atoms with Crippen molar-refractivity contribution in [2.45, 2.75) is 31.5 Å². The van der Waals surface area contributed by atoms with Crippen LogP contribution >= 0.6 is 0 Å². The van der Waals surface area contributed by atoms with E-state index in [0.717, 1.165) is 0 Å². The van der Waals surface area contributed by atoms with Crippen LogP contribution in [0.2, 0.25) is 0 Å². The Hall–Kier alpha value is -2.66. The summed E-state index contributed by atoms with van der Waals surface area (Å²) in [6.07, 6.45) is -4.69. The SMILES string of the molecule is O=C1CCC(C(=O)NCCc2noc(C(F)(F)F)n2)NC(=O)N1. The number of carbonyl (C=O) groups is 3. The number of hydrogen-bond acceptors (Lipinski definition) is 6. The smallest absolute Gasteiger partial charge is 0.354 e. The maximum absolute atomic E-state index is 12.3. The fourth-order valence-electron chi connectivity index (χ4n) is 1.82. The first-order valence-electron chi connectivity index (χ1n) is 6.53. The third-order valence-corrected chi connectivity index (χ3v) is 2.89. The summed E-state index contributed by atoms with van der Waals surface area (Å²) in [7, 11) is 0. The highest BCUT2D eigenvalue weighted by molar-refractivity contribution is 5.98. The van der Waals surface area contributed by atoms with E-state index in [2.05, 4.69) is 25.3 Å². The Morgan fingerprint density at radius 2 is 2.13 bits per heavy atom. The number of urea groups is 1. The van der Waals surface area contributed by atoms with Gasteiger partial charge in [-0.05, 0) is 6.42 Å². The Bertz CT molecular complexity index is 615. The number of carbonyl (C=O) groups excluding carboxylic acids is 3. The van der Waals surface area contributed by atoms with Gasteiger partial charge in [-0.25, -0.2) is 4.79 Å². The number of imide groups is 1. The van der Waals surface area contributed by atoms with E-state index < -0.39 is 36.0 Å². The normalized spacial score (nSPS) is 18.8. The lowest BCUT2D eigenvalue weighted by atomic mass is 10.1. The lowest BCUT2D eigenvalue weighted by Gasteiger charge is -2.14. The van der Waals surface area contributed by atoms with Crippen molar-refractivity contribution in [3.63, 3.8) is 0 Å². The minimum atomic E-state index is -4.72. The Morgan fingerprint density at radius 1 is 1.39 bits per heavy atom. The van der Waals surface area contributed by atoms with Crippen molar-refractivity contribution in [1.29, 1.82) is 0 Å². The molecule has 1 aliphatic heterocycles. The fourth-order valence-corrected chi connectivity index (χ4v) is 1.82. The Kier molecular flexibility index (Phi) is 4.81. The maximum Gasteiger partial charge on any atom is 0.471 e. The van der Waals surface area contributed by atoms with Crippen LogP contribution in [0.1, 0.15) is 24.6 Å². The van der Waals surface area contributed by atoms with E-state index in [1.807, 2.05) is 5.32 Å². The average Bonchev–Trinajstić information content (AvgIpc) is 2.85. The molecule has 23 heavy (non-hydrogen) atoms. The monoisotopic (exact) mass is 335 g/mol. The minimum absolute atomic E-state index is 0.00336. The Morgan fingerprint density at radius 3 is 2.78 bits per heavy atom. The number of amides is 4. The molecule has 1 unspecified atom stereocenters. The second-order valence-corrected chi connectivity index (χ2v) is 4.67. The van der Waals surface area contributed by atoms with E-state index in [0.29, 0.717) is 0 Å². The van der Waals surface area contributed by atoms with Crippen LogP contribution in [0.25, 0.3) is 0 Å². The summed E-state index contributed by atoms with van der Waals surface area (Å²) in [5.41, 5.74) is 0. The van der Waals surface area contributed by atoms with E-state index in [4.69, 9.17) is 0 Å². The van der Waals surface area contributed by atoms with Gasteiger partial charge >= 0.3 is 18.1 Å². The first kappa shape index (κ1) is 16.7. The highest BCUT2D eigenvalue weighted by Gasteiger charge is 2.38. The predicted octanol–water partition coefficient (Wildman–Crippen LogP) is -0.265. The van der Waals surface area contributed by atoms with Crippen LogP contribution < -0.4 is 16.0 Å². The van der Waals surface area contributed by atoms with E-state index in [1.165, 1.54) is 0 Å². The van der Waals surface area contributed by atoms with E-state index in [1.54, 1.807) is 0 Å². The average molecular weight is 335 g/mol. The van der Waals surface area contributed by atoms with Crippen molar-refractivity contribution in [3.05, 3.63) is 11.7 Å². The number of nitrogens with one attached hydrogen (secondary N) is 3. The van der Waals surface area contributed by atoms with E-state index in [-0.39, 0.29) is 31.6 Å². The molecular formula is C11H12F3N5O4. The number of aromatic nitrogens is 2. The molecule has 1 aromatic heterocycles. The van der Waals surface area contributed by atoms with Gasteiger partial charge in [0.05, 0.1) is 0 Å². The molecular weight excluding hydrogens is 323 g/mol. The summed E-state index contributed by atoms with van der Waals surface area (Å²) in [6.45, 7) is -0.0522. The molecule has 0 aromatic carbocycles. The van der Waals surface area contributed by atoms with Gasteiger partial charge in [0.2, 0.25) is 11.8 Å². The van der Waals surface area contributed by atoms with Crippen molar-refractivity contribution < 1.29 is 32.1 Å². The highest BCUT2D eigenvalue weighted by Crippen LogP contribution is 2.27. The number of alkyl halides is 3. The standard InChI is InChI=1S/C11H12F3N5O4/c12-11(13,14)9-17-6(19-23-9)3-4-15-8(21)5-1-2-7(20)18-10(22)16-5/h5H,1-4H2,(H,15,21)(H2,16,18,20,22). The first-order valence-corrected chi connectivity index (χ1v) is 6.53. The van der Waals surface area contributed by atoms with Crippen molar-refractivity contribution >= 4 is 17.8 Å². The lowest BCUT2D eigenvalue weighted by molar-refractivity contribution is -0.159. The molecule has 2 heterocycles. The quantitative estimate of drug-likeness (QED) is 0.696. The Balaban J connectivity index is 1.81. The van der Waals surface area contributed by atoms with Gasteiger partial charge in [0.1, 0.15) is 6.04 Å². The molecule has 1 atom stereocenters. The molecule has 1 fully saturated rings. The van der Waals surface area contributed by atoms with E-state index >= 15 is 0 Å². The molecule has 2 rings (SSSR count). The van der Waals surface area contributed by atoms with Crippen LogP contribution in [-0.2, 0) is 22.2 Å². The van der Waals surface area contributed by atoms with Gasteiger partial charge < -0.3 is 15.2 Å². The summed E-state index contributed by atoms with van der Waals surface area (Å²) in [5, 5.41) is 9.88. The van der Waals surface area contributed by atoms with Crippen molar-refractivity contribution in [1.82, 2.24) is 26.1 Å². The summed E-state index contributed by atoms with van der Waals surface area (Å²) in [5.74, 6) is -2.72. The van der Waals surface area contributed by atoms with Crippen molar-refractivity contribution in [2.24, 2.45) is 0 Å². The van der Waals surface area contributed by atoms with Crippen LogP contribution in [0.15, 0.2) is 4.52 Å². The predicted molar refractivity (Wildman–Crippen MR) is 65.7 cm³/mol. The summed E-state index contributed by atoms with van der Waals surface area (Å²) in [6, 6.07) is -1.68. The van der Waals surface area contributed by atoms with Gasteiger partial charge in [0.15, 0.2) is 5.82 Å². The molecule has 12 heteroatoms. The lowest BCUT2D eigenvalue weighted by Crippen LogP contribution is -2.48. The maximum atomic E-state index is 12.3. The zero-order chi connectivity index (χ0) is 17.0. The second kappa shape index (κ2) is 6.62.